The Balaban J connectivity index is 2.16. The second kappa shape index (κ2) is 5.63. The van der Waals surface area contributed by atoms with E-state index in [1.165, 1.54) is 0 Å². The zero-order valence-corrected chi connectivity index (χ0v) is 13.2. The lowest BCUT2D eigenvalue weighted by molar-refractivity contribution is -0.133. The molecular weight excluding hydrogens is 332 g/mol. The summed E-state index contributed by atoms with van der Waals surface area (Å²) in [6.45, 7) is 1.84. The van der Waals surface area contributed by atoms with Gasteiger partial charge in [-0.05, 0) is 19.1 Å². The summed E-state index contributed by atoms with van der Waals surface area (Å²) < 4.78 is 10.2. The zero-order valence-electron chi connectivity index (χ0n) is 10.8. The van der Waals surface area contributed by atoms with Crippen LogP contribution in [-0.2, 0) is 4.79 Å². The second-order valence-electron chi connectivity index (χ2n) is 4.25. The molecule has 0 aliphatic heterocycles. The van der Waals surface area contributed by atoms with Gasteiger partial charge in [-0.3, -0.25) is 9.36 Å². The van der Waals surface area contributed by atoms with Gasteiger partial charge < -0.3 is 5.11 Å². The number of hydrogen-bond donors (Lipinski definition) is 1. The Kier molecular flexibility index (Phi) is 3.83. The van der Waals surface area contributed by atoms with Gasteiger partial charge in [0.05, 0.1) is 33.9 Å². The third-order valence-electron chi connectivity index (χ3n) is 2.71. The number of thioether (sulfide) groups is 1. The predicted octanol–water partition coefficient (Wildman–Crippen LogP) is 3.02. The van der Waals surface area contributed by atoms with E-state index < -0.39 is 5.97 Å². The largest absolute Gasteiger partial charge is 0.481 e. The van der Waals surface area contributed by atoms with Crippen LogP contribution in [0.25, 0.3) is 16.7 Å². The fourth-order valence-electron chi connectivity index (χ4n) is 1.91. The molecule has 3 aromatic rings. The number of carbonyl (C=O) groups is 1. The van der Waals surface area contributed by atoms with Gasteiger partial charge in [-0.1, -0.05) is 23.4 Å². The normalized spacial score (nSPS) is 11.1. The molecule has 0 aliphatic carbocycles. The molecule has 0 unspecified atom stereocenters. The zero-order chi connectivity index (χ0) is 15.0. The first-order valence-corrected chi connectivity index (χ1v) is 7.97. The van der Waals surface area contributed by atoms with Crippen LogP contribution in [0.1, 0.15) is 5.69 Å². The third-order valence-corrected chi connectivity index (χ3v) is 4.50. The summed E-state index contributed by atoms with van der Waals surface area (Å²) in [4.78, 5) is 15.1. The van der Waals surface area contributed by atoms with E-state index in [0.717, 1.165) is 34.7 Å². The molecule has 0 aliphatic rings. The van der Waals surface area contributed by atoms with Crippen LogP contribution >= 0.6 is 35.1 Å². The summed E-state index contributed by atoms with van der Waals surface area (Å²) in [5.74, 6) is -0.967. The monoisotopic (exact) mass is 340 g/mol. The maximum Gasteiger partial charge on any atom is 0.313 e. The smallest absolute Gasteiger partial charge is 0.313 e. The van der Waals surface area contributed by atoms with E-state index in [0.29, 0.717) is 21.4 Å². The molecule has 0 fully saturated rings. The molecule has 6 nitrogen and oxygen atoms in total. The number of fused-ring (bicyclic) bond motifs is 1. The summed E-state index contributed by atoms with van der Waals surface area (Å²) in [6.07, 6.45) is 1.81. The lowest BCUT2D eigenvalue weighted by atomic mass is 10.2. The van der Waals surface area contributed by atoms with Crippen molar-refractivity contribution in [3.8, 4) is 5.69 Å². The van der Waals surface area contributed by atoms with Gasteiger partial charge in [0.2, 0.25) is 0 Å². The fraction of sp³-hybridized carbons (Fsp3) is 0.167. The summed E-state index contributed by atoms with van der Waals surface area (Å²) >= 11 is 8.55. The average molecular weight is 341 g/mol. The van der Waals surface area contributed by atoms with Gasteiger partial charge in [-0.25, -0.2) is 4.98 Å². The number of carboxylic acids is 1. The minimum atomic E-state index is -0.896. The number of imidazole rings is 1. The van der Waals surface area contributed by atoms with Gasteiger partial charge in [0.1, 0.15) is 11.0 Å². The van der Waals surface area contributed by atoms with Gasteiger partial charge in [0.25, 0.3) is 0 Å². The van der Waals surface area contributed by atoms with Crippen LogP contribution in [-0.4, -0.2) is 35.1 Å². The molecule has 2 aromatic heterocycles. The first-order valence-electron chi connectivity index (χ1n) is 5.88. The Labute approximate surface area is 133 Å². The minimum absolute atomic E-state index is 0.0701. The van der Waals surface area contributed by atoms with E-state index >= 15 is 0 Å². The molecule has 9 heteroatoms. The van der Waals surface area contributed by atoms with E-state index in [1.807, 2.05) is 13.1 Å². The maximum atomic E-state index is 10.8. The number of rotatable bonds is 4. The number of aliphatic carboxylic acids is 1. The lowest BCUT2D eigenvalue weighted by Gasteiger charge is -2.09. The summed E-state index contributed by atoms with van der Waals surface area (Å²) in [5.41, 5.74) is 2.89. The van der Waals surface area contributed by atoms with Crippen molar-refractivity contribution in [2.24, 2.45) is 0 Å². The molecule has 2 heterocycles. The number of aromatic nitrogens is 4. The van der Waals surface area contributed by atoms with Crippen molar-refractivity contribution in [2.75, 3.05) is 5.75 Å². The number of nitrogens with zero attached hydrogens (tertiary/aromatic N) is 4. The van der Waals surface area contributed by atoms with Crippen molar-refractivity contribution in [3.05, 3.63) is 29.0 Å². The molecule has 1 aromatic carbocycles. The topological polar surface area (TPSA) is 80.9 Å². The molecule has 0 saturated carbocycles. The second-order valence-corrected chi connectivity index (χ2v) is 6.12. The molecule has 3 rings (SSSR count). The average Bonchev–Trinajstić information content (AvgIpc) is 3.02. The van der Waals surface area contributed by atoms with Crippen molar-refractivity contribution in [1.29, 1.82) is 0 Å². The number of carboxylic acid groups (broad SMARTS) is 1. The molecule has 0 radical (unpaired) electrons. The van der Waals surface area contributed by atoms with Crippen LogP contribution in [0.4, 0.5) is 0 Å². The van der Waals surface area contributed by atoms with Crippen LogP contribution in [0, 0.1) is 6.92 Å². The summed E-state index contributed by atoms with van der Waals surface area (Å²) in [7, 11) is 0. The van der Waals surface area contributed by atoms with Crippen LogP contribution < -0.4 is 0 Å². The molecule has 0 spiro atoms. The van der Waals surface area contributed by atoms with Gasteiger partial charge in [0, 0.05) is 6.20 Å². The van der Waals surface area contributed by atoms with E-state index in [1.54, 1.807) is 16.7 Å². The Hall–Kier alpha value is -1.64. The van der Waals surface area contributed by atoms with Gasteiger partial charge >= 0.3 is 5.97 Å². The van der Waals surface area contributed by atoms with E-state index in [-0.39, 0.29) is 5.75 Å². The quantitative estimate of drug-likeness (QED) is 0.735. The Bertz CT molecular complexity index is 830. The van der Waals surface area contributed by atoms with Crippen molar-refractivity contribution in [3.63, 3.8) is 0 Å². The molecule has 0 atom stereocenters. The molecule has 21 heavy (non-hydrogen) atoms. The van der Waals surface area contributed by atoms with Crippen molar-refractivity contribution in [2.45, 2.75) is 12.1 Å². The highest BCUT2D eigenvalue weighted by atomic mass is 35.5. The van der Waals surface area contributed by atoms with Gasteiger partial charge in [-0.15, -0.1) is 0 Å². The van der Waals surface area contributed by atoms with Crippen LogP contribution in [0.2, 0.25) is 5.02 Å². The molecule has 0 amide bonds. The summed E-state index contributed by atoms with van der Waals surface area (Å²) in [6, 6.07) is 3.56. The SMILES string of the molecule is Cc1cn(-c2c(Cl)ccc3nsnc23)c(SCC(=O)O)n1. The predicted molar refractivity (Wildman–Crippen MR) is 82.6 cm³/mol. The first kappa shape index (κ1) is 14.3. The first-order chi connectivity index (χ1) is 10.1. The lowest BCUT2D eigenvalue weighted by Crippen LogP contribution is -2.02. The molecule has 1 N–H and O–H groups in total. The van der Waals surface area contributed by atoms with Gasteiger partial charge in [0.15, 0.2) is 5.16 Å². The highest BCUT2D eigenvalue weighted by Crippen LogP contribution is 2.32. The number of aryl methyl sites for hydroxylation is 1. The Morgan fingerprint density at radius 2 is 2.29 bits per heavy atom. The number of halogens is 1. The van der Waals surface area contributed by atoms with E-state index in [2.05, 4.69) is 13.7 Å². The molecular formula is C12H9ClN4O2S2. The van der Waals surface area contributed by atoms with Gasteiger partial charge in [-0.2, -0.15) is 8.75 Å². The van der Waals surface area contributed by atoms with Crippen molar-refractivity contribution in [1.82, 2.24) is 18.3 Å². The molecule has 0 bridgehead atoms. The van der Waals surface area contributed by atoms with Crippen molar-refractivity contribution < 1.29 is 9.90 Å². The van der Waals surface area contributed by atoms with E-state index in [4.69, 9.17) is 16.7 Å². The Morgan fingerprint density at radius 1 is 1.48 bits per heavy atom. The van der Waals surface area contributed by atoms with E-state index in [9.17, 15) is 4.79 Å². The van der Waals surface area contributed by atoms with Crippen molar-refractivity contribution >= 4 is 52.1 Å². The van der Waals surface area contributed by atoms with Crippen LogP contribution in [0.3, 0.4) is 0 Å². The summed E-state index contributed by atoms with van der Waals surface area (Å²) in [5, 5.41) is 9.92. The minimum Gasteiger partial charge on any atom is -0.481 e. The highest BCUT2D eigenvalue weighted by molar-refractivity contribution is 7.99. The third kappa shape index (κ3) is 2.74. The number of benzene rings is 1. The maximum absolute atomic E-state index is 10.8. The fourth-order valence-corrected chi connectivity index (χ4v) is 3.43. The highest BCUT2D eigenvalue weighted by Gasteiger charge is 2.17. The van der Waals surface area contributed by atoms with Crippen LogP contribution in [0.5, 0.6) is 0 Å². The standard InChI is InChI=1S/C12H9ClN4O2S2/c1-6-4-17(12(14-6)20-5-9(18)19)11-7(13)2-3-8-10(11)16-21-15-8/h2-4H,5H2,1H3,(H,18,19). The molecule has 108 valence electrons. The number of hydrogen-bond acceptors (Lipinski definition) is 6. The Morgan fingerprint density at radius 3 is 3.05 bits per heavy atom. The van der Waals surface area contributed by atoms with Crippen LogP contribution in [0.15, 0.2) is 23.5 Å². The molecule has 0 saturated heterocycles.